The van der Waals surface area contributed by atoms with Gasteiger partial charge in [0.25, 0.3) is 0 Å². The molecule has 0 aliphatic rings. The van der Waals surface area contributed by atoms with Crippen molar-refractivity contribution in [2.24, 2.45) is 0 Å². The summed E-state index contributed by atoms with van der Waals surface area (Å²) < 4.78 is 16.6. The van der Waals surface area contributed by atoms with Crippen LogP contribution in [0.1, 0.15) is 71.6 Å². The van der Waals surface area contributed by atoms with Crippen LogP contribution >= 0.6 is 18.2 Å². The van der Waals surface area contributed by atoms with Crippen molar-refractivity contribution in [3.8, 4) is 0 Å². The highest BCUT2D eigenvalue weighted by Crippen LogP contribution is 2.55. The molecular formula is C13H29O3PS. The lowest BCUT2D eigenvalue weighted by molar-refractivity contribution is 0.268. The largest absolute Gasteiger partial charge is 0.386 e. The molecule has 0 heterocycles. The van der Waals surface area contributed by atoms with Crippen LogP contribution in [0, 0.1) is 0 Å². The molecule has 0 amide bonds. The second-order valence-corrected chi connectivity index (χ2v) is 8.63. The zero-order chi connectivity index (χ0) is 13.7. The van der Waals surface area contributed by atoms with Crippen molar-refractivity contribution in [1.82, 2.24) is 0 Å². The Morgan fingerprint density at radius 1 is 0.944 bits per heavy atom. The van der Waals surface area contributed by atoms with Crippen LogP contribution < -0.4 is 0 Å². The van der Waals surface area contributed by atoms with Gasteiger partial charge < -0.3 is 9.42 Å². The minimum absolute atomic E-state index is 0.417. The second-order valence-electron chi connectivity index (χ2n) is 4.61. The first-order valence-electron chi connectivity index (χ1n) is 7.24. The van der Waals surface area contributed by atoms with Gasteiger partial charge in [-0.2, -0.15) is 0 Å². The Morgan fingerprint density at radius 2 is 1.50 bits per heavy atom. The smallest absolute Gasteiger partial charge is 0.316 e. The van der Waals surface area contributed by atoms with Crippen molar-refractivity contribution in [1.29, 1.82) is 0 Å². The van der Waals surface area contributed by atoms with Gasteiger partial charge in [0.05, 0.1) is 6.61 Å². The summed E-state index contributed by atoms with van der Waals surface area (Å²) >= 11 is 1.07. The fraction of sp³-hybridized carbons (Fsp3) is 1.00. The van der Waals surface area contributed by atoms with Crippen LogP contribution in [-0.2, 0) is 9.09 Å². The Bertz CT molecular complexity index is 224. The van der Waals surface area contributed by atoms with Gasteiger partial charge in [0.1, 0.15) is 0 Å². The zero-order valence-corrected chi connectivity index (χ0v) is 13.6. The van der Waals surface area contributed by atoms with E-state index < -0.39 is 6.80 Å². The third-order valence-electron chi connectivity index (χ3n) is 2.75. The predicted octanol–water partition coefficient (Wildman–Crippen LogP) is 5.39. The van der Waals surface area contributed by atoms with E-state index in [9.17, 15) is 9.46 Å². The summed E-state index contributed by atoms with van der Waals surface area (Å²) in [5.74, 6) is 0.710. The maximum absolute atomic E-state index is 11.6. The fourth-order valence-corrected chi connectivity index (χ4v) is 4.21. The molecule has 110 valence electrons. The first kappa shape index (κ1) is 18.5. The second kappa shape index (κ2) is 12.5. The summed E-state index contributed by atoms with van der Waals surface area (Å²) in [5.41, 5.74) is 0. The first-order chi connectivity index (χ1) is 8.62. The monoisotopic (exact) mass is 296 g/mol. The number of hydrogen-bond acceptors (Lipinski definition) is 3. The van der Waals surface area contributed by atoms with E-state index in [2.05, 4.69) is 13.8 Å². The van der Waals surface area contributed by atoms with Gasteiger partial charge in [-0.15, -0.1) is 0 Å². The average Bonchev–Trinajstić information content (AvgIpc) is 2.33. The van der Waals surface area contributed by atoms with Gasteiger partial charge in [-0.1, -0.05) is 58.8 Å². The zero-order valence-electron chi connectivity index (χ0n) is 11.9. The number of hydrogen-bond donors (Lipinski definition) is 1. The third kappa shape index (κ3) is 12.9. The molecule has 0 aliphatic carbocycles. The molecule has 3 nitrogen and oxygen atoms in total. The molecular weight excluding hydrogens is 267 g/mol. The van der Waals surface area contributed by atoms with Crippen molar-refractivity contribution < 1.29 is 14.0 Å². The van der Waals surface area contributed by atoms with E-state index in [1.807, 2.05) is 0 Å². The Morgan fingerprint density at radius 3 is 2.11 bits per heavy atom. The normalized spacial score (nSPS) is 14.6. The first-order valence-corrected chi connectivity index (χ1v) is 10.4. The van der Waals surface area contributed by atoms with Crippen LogP contribution in [0.3, 0.4) is 0 Å². The van der Waals surface area contributed by atoms with Gasteiger partial charge in [-0.3, -0.25) is 0 Å². The molecule has 0 rings (SSSR count). The van der Waals surface area contributed by atoms with Crippen LogP contribution in [-0.4, -0.2) is 17.3 Å². The lowest BCUT2D eigenvalue weighted by Crippen LogP contribution is -1.92. The molecule has 0 saturated heterocycles. The van der Waals surface area contributed by atoms with E-state index in [0.29, 0.717) is 12.4 Å². The van der Waals surface area contributed by atoms with Gasteiger partial charge in [0, 0.05) is 5.75 Å². The molecule has 0 spiro atoms. The summed E-state index contributed by atoms with van der Waals surface area (Å²) in [5, 5.41) is 0. The van der Waals surface area contributed by atoms with E-state index in [1.165, 1.54) is 32.1 Å². The highest BCUT2D eigenvalue weighted by atomic mass is 32.7. The van der Waals surface area contributed by atoms with Crippen LogP contribution in [0.4, 0.5) is 0 Å². The fourth-order valence-electron chi connectivity index (χ4n) is 1.60. The van der Waals surface area contributed by atoms with Crippen LogP contribution in [0.25, 0.3) is 0 Å². The summed E-state index contributed by atoms with van der Waals surface area (Å²) in [6.07, 6.45) is 10.4. The molecule has 0 aromatic carbocycles. The molecule has 5 heteroatoms. The lowest BCUT2D eigenvalue weighted by atomic mass is 10.1. The Kier molecular flexibility index (Phi) is 12.9. The Balaban J connectivity index is 3.33. The van der Waals surface area contributed by atoms with Crippen molar-refractivity contribution in [3.63, 3.8) is 0 Å². The molecule has 0 aliphatic heterocycles. The van der Waals surface area contributed by atoms with Crippen molar-refractivity contribution >= 4 is 18.2 Å². The van der Waals surface area contributed by atoms with Gasteiger partial charge in [0.15, 0.2) is 0 Å². The van der Waals surface area contributed by atoms with E-state index in [-0.39, 0.29) is 0 Å². The lowest BCUT2D eigenvalue weighted by Gasteiger charge is -2.10. The third-order valence-corrected chi connectivity index (χ3v) is 5.90. The van der Waals surface area contributed by atoms with E-state index in [0.717, 1.165) is 37.1 Å². The summed E-state index contributed by atoms with van der Waals surface area (Å²) in [6, 6.07) is 0. The van der Waals surface area contributed by atoms with Crippen molar-refractivity contribution in [2.45, 2.75) is 71.6 Å². The Hall–Kier alpha value is 0.500. The summed E-state index contributed by atoms with van der Waals surface area (Å²) in [4.78, 5) is 9.51. The topological polar surface area (TPSA) is 46.5 Å². The van der Waals surface area contributed by atoms with E-state index in [1.54, 1.807) is 0 Å². The molecule has 1 atom stereocenters. The SMILES string of the molecule is CCCCCCCCCOP(=O)(O)SCCCC. The van der Waals surface area contributed by atoms with Crippen LogP contribution in [0.2, 0.25) is 0 Å². The number of rotatable bonds is 13. The minimum atomic E-state index is -3.37. The van der Waals surface area contributed by atoms with Crippen molar-refractivity contribution in [3.05, 3.63) is 0 Å². The highest BCUT2D eigenvalue weighted by Gasteiger charge is 2.18. The van der Waals surface area contributed by atoms with E-state index >= 15 is 0 Å². The van der Waals surface area contributed by atoms with Gasteiger partial charge in [0.2, 0.25) is 0 Å². The maximum atomic E-state index is 11.6. The molecule has 18 heavy (non-hydrogen) atoms. The summed E-state index contributed by atoms with van der Waals surface area (Å²) in [7, 11) is 0. The molecule has 0 saturated carbocycles. The Labute approximate surface area is 116 Å². The van der Waals surface area contributed by atoms with Gasteiger partial charge in [-0.25, -0.2) is 4.57 Å². The average molecular weight is 296 g/mol. The highest BCUT2D eigenvalue weighted by molar-refractivity contribution is 8.54. The molecule has 0 bridgehead atoms. The number of unbranched alkanes of at least 4 members (excludes halogenated alkanes) is 7. The molecule has 0 fully saturated rings. The predicted molar refractivity (Wildman–Crippen MR) is 81.1 cm³/mol. The van der Waals surface area contributed by atoms with Crippen molar-refractivity contribution in [2.75, 3.05) is 12.4 Å². The quantitative estimate of drug-likeness (QED) is 0.366. The van der Waals surface area contributed by atoms with E-state index in [4.69, 9.17) is 4.52 Å². The van der Waals surface area contributed by atoms with Gasteiger partial charge in [-0.05, 0) is 24.2 Å². The van der Waals surface area contributed by atoms with Crippen LogP contribution in [0.5, 0.6) is 0 Å². The minimum Gasteiger partial charge on any atom is -0.316 e. The molecule has 0 aromatic heterocycles. The van der Waals surface area contributed by atoms with Crippen LogP contribution in [0.15, 0.2) is 0 Å². The molecule has 1 unspecified atom stereocenters. The molecule has 0 aromatic rings. The summed E-state index contributed by atoms with van der Waals surface area (Å²) in [6.45, 7) is 1.33. The standard InChI is InChI=1S/C13H29O3PS/c1-3-5-7-8-9-10-11-12-16-17(14,15)18-13-6-4-2/h3-13H2,1-2H3,(H,14,15). The molecule has 1 N–H and O–H groups in total. The molecule has 0 radical (unpaired) electrons. The maximum Gasteiger partial charge on any atom is 0.386 e. The van der Waals surface area contributed by atoms with Gasteiger partial charge >= 0.3 is 6.80 Å².